The molecule has 4 aliphatic rings. The van der Waals surface area contributed by atoms with Gasteiger partial charge in [0.2, 0.25) is 11.8 Å². The second-order valence-corrected chi connectivity index (χ2v) is 20.5. The normalized spacial score (nSPS) is 19.5. The summed E-state index contributed by atoms with van der Waals surface area (Å²) in [4.78, 5) is 73.3. The molecule has 0 spiro atoms. The third kappa shape index (κ3) is 13.6. The van der Waals surface area contributed by atoms with Crippen LogP contribution in [0.4, 0.5) is 10.8 Å². The predicted molar refractivity (Wildman–Crippen MR) is 265 cm³/mol. The summed E-state index contributed by atoms with van der Waals surface area (Å²) >= 11 is 0. The van der Waals surface area contributed by atoms with E-state index in [9.17, 15) is 24.0 Å². The number of likely N-dealkylation sites (tertiary alicyclic amines) is 2. The number of nitrogens with zero attached hydrogens (tertiary/aromatic N) is 5. The third-order valence-corrected chi connectivity index (χ3v) is 14.8. The van der Waals surface area contributed by atoms with Crippen molar-refractivity contribution >= 4 is 41.5 Å². The van der Waals surface area contributed by atoms with Crippen molar-refractivity contribution in [2.45, 2.75) is 130 Å². The summed E-state index contributed by atoms with van der Waals surface area (Å²) in [6.45, 7) is 15.1. The molecule has 4 fully saturated rings. The Morgan fingerprint density at radius 1 is 0.829 bits per heavy atom. The molecule has 3 atom stereocenters. The summed E-state index contributed by atoms with van der Waals surface area (Å²) in [5, 5.41) is 24.5. The Morgan fingerprint density at radius 3 is 1.93 bits per heavy atom. The Labute approximate surface area is 412 Å². The number of amides is 6. The maximum atomic E-state index is 13.3. The van der Waals surface area contributed by atoms with Crippen molar-refractivity contribution in [3.05, 3.63) is 64.5 Å². The Morgan fingerprint density at radius 2 is 1.40 bits per heavy atom. The van der Waals surface area contributed by atoms with Crippen LogP contribution in [0.25, 0.3) is 0 Å². The minimum Gasteiger partial charge on any atom is -0.494 e. The molecule has 7 rings (SSSR count). The highest BCUT2D eigenvalue weighted by molar-refractivity contribution is 6.00. The highest BCUT2D eigenvalue weighted by Crippen LogP contribution is 2.32. The molecule has 3 aromatic rings. The quantitative estimate of drug-likeness (QED) is 0.0466. The molecule has 2 aromatic carbocycles. The van der Waals surface area contributed by atoms with E-state index in [0.29, 0.717) is 99.2 Å². The molecule has 18 heteroatoms. The van der Waals surface area contributed by atoms with Gasteiger partial charge in [0, 0.05) is 68.8 Å². The number of anilines is 1. The minimum absolute atomic E-state index is 0.0142. The van der Waals surface area contributed by atoms with Crippen LogP contribution in [0.1, 0.15) is 141 Å². The largest absolute Gasteiger partial charge is 0.494 e. The van der Waals surface area contributed by atoms with E-state index in [4.69, 9.17) is 24.4 Å². The fourth-order valence-electron chi connectivity index (χ4n) is 9.82. The highest BCUT2D eigenvalue weighted by Gasteiger charge is 2.33. The number of rotatable bonds is 20. The van der Waals surface area contributed by atoms with E-state index in [2.05, 4.69) is 38.2 Å². The van der Waals surface area contributed by atoms with Gasteiger partial charge in [0.15, 0.2) is 5.82 Å². The van der Waals surface area contributed by atoms with Gasteiger partial charge < -0.3 is 44.6 Å². The van der Waals surface area contributed by atoms with Crippen LogP contribution >= 0.6 is 0 Å². The highest BCUT2D eigenvalue weighted by atomic mass is 16.5. The molecule has 1 aromatic heterocycles. The van der Waals surface area contributed by atoms with Crippen LogP contribution in [0.5, 0.6) is 11.5 Å². The average molecular weight is 967 g/mol. The van der Waals surface area contributed by atoms with E-state index < -0.39 is 17.5 Å². The van der Waals surface area contributed by atoms with Crippen LogP contribution in [0.3, 0.4) is 0 Å². The van der Waals surface area contributed by atoms with Crippen LogP contribution in [0.2, 0.25) is 0 Å². The van der Waals surface area contributed by atoms with Gasteiger partial charge in [0.1, 0.15) is 29.4 Å². The van der Waals surface area contributed by atoms with Crippen molar-refractivity contribution in [1.29, 1.82) is 5.41 Å². The zero-order valence-electron chi connectivity index (χ0n) is 42.0. The van der Waals surface area contributed by atoms with Gasteiger partial charge in [-0.05, 0) is 150 Å². The topological polar surface area (TPSA) is 224 Å². The molecule has 0 bridgehead atoms. The van der Waals surface area contributed by atoms with Gasteiger partial charge in [0.25, 0.3) is 11.8 Å². The number of aryl methyl sites for hydroxylation is 2. The molecule has 5 heterocycles. The first kappa shape index (κ1) is 51.6. The molecular formula is C52H74N10O8. The summed E-state index contributed by atoms with van der Waals surface area (Å²) in [5.74, 6) is 2.68. The average Bonchev–Trinajstić information content (AvgIpc) is 4.09. The van der Waals surface area contributed by atoms with E-state index >= 15 is 0 Å². The number of carbonyl (C=O) groups is 5. The maximum Gasteiger partial charge on any atom is 0.324 e. The fraction of sp³-hybridized carbons (Fsp3) is 0.615. The van der Waals surface area contributed by atoms with Gasteiger partial charge >= 0.3 is 12.0 Å². The van der Waals surface area contributed by atoms with Crippen molar-refractivity contribution in [3.63, 3.8) is 0 Å². The lowest BCUT2D eigenvalue weighted by Crippen LogP contribution is -2.49. The van der Waals surface area contributed by atoms with E-state index in [-0.39, 0.29) is 41.4 Å². The first-order chi connectivity index (χ1) is 33.5. The van der Waals surface area contributed by atoms with Crippen LogP contribution in [0, 0.1) is 36.5 Å². The summed E-state index contributed by atoms with van der Waals surface area (Å²) in [7, 11) is 1.75. The molecule has 4 aliphatic heterocycles. The van der Waals surface area contributed by atoms with E-state index in [1.807, 2.05) is 50.8 Å². The van der Waals surface area contributed by atoms with Gasteiger partial charge in [-0.2, -0.15) is 4.98 Å². The van der Waals surface area contributed by atoms with Gasteiger partial charge in [-0.25, -0.2) is 4.79 Å². The Balaban J connectivity index is 0.736. The number of nitrogens with one attached hydrogen (secondary N) is 5. The molecule has 0 saturated carbocycles. The van der Waals surface area contributed by atoms with Crippen molar-refractivity contribution < 1.29 is 38.0 Å². The second-order valence-electron chi connectivity index (χ2n) is 20.5. The molecular weight excluding hydrogens is 893 g/mol. The summed E-state index contributed by atoms with van der Waals surface area (Å²) < 4.78 is 17.8. The van der Waals surface area contributed by atoms with E-state index in [1.165, 1.54) is 0 Å². The lowest BCUT2D eigenvalue weighted by Gasteiger charge is -2.34. The van der Waals surface area contributed by atoms with Crippen molar-refractivity contribution in [2.75, 3.05) is 64.4 Å². The number of benzene rings is 2. The molecule has 5 N–H and O–H groups in total. The monoisotopic (exact) mass is 967 g/mol. The van der Waals surface area contributed by atoms with Crippen LogP contribution < -0.4 is 35.6 Å². The van der Waals surface area contributed by atoms with Crippen LogP contribution in [-0.4, -0.2) is 127 Å². The third-order valence-electron chi connectivity index (χ3n) is 14.8. The predicted octanol–water partition coefficient (Wildman–Crippen LogP) is 6.51. The van der Waals surface area contributed by atoms with E-state index in [0.717, 1.165) is 87.8 Å². The molecule has 18 nitrogen and oxygen atoms in total. The van der Waals surface area contributed by atoms with Crippen molar-refractivity contribution in [1.82, 2.24) is 41.2 Å². The van der Waals surface area contributed by atoms with Crippen LogP contribution in [-0.2, 0) is 9.59 Å². The number of hydrogen-bond acceptors (Lipinski definition) is 12. The zero-order chi connectivity index (χ0) is 50.0. The lowest BCUT2D eigenvalue weighted by atomic mass is 9.83. The Bertz CT molecular complexity index is 2340. The smallest absolute Gasteiger partial charge is 0.324 e. The molecule has 380 valence electrons. The van der Waals surface area contributed by atoms with Crippen molar-refractivity contribution in [3.8, 4) is 11.5 Å². The summed E-state index contributed by atoms with van der Waals surface area (Å²) in [6.07, 6.45) is 10.3. The van der Waals surface area contributed by atoms with Gasteiger partial charge in [-0.15, -0.1) is 0 Å². The molecule has 2 unspecified atom stereocenters. The number of hydrogen-bond donors (Lipinski definition) is 5. The first-order valence-corrected chi connectivity index (χ1v) is 25.4. The number of carbonyl (C=O) groups excluding carboxylic acids is 5. The SMILES string of the molecule is Cc1cc(OCCCC2CCN(C(=O)NC(=N)C(C)(C)CCC(C)c3noc(N4CCC(CCCOc5ccc(C(=O)N[C@H]6CCN(C)C6=O)c(C)c5)CC4)n3)CC2)ccc1C(=O)NC1CCNC1=O. The zero-order valence-corrected chi connectivity index (χ0v) is 42.0. The molecule has 4 saturated heterocycles. The first-order valence-electron chi connectivity index (χ1n) is 25.4. The van der Waals surface area contributed by atoms with Crippen LogP contribution in [0.15, 0.2) is 40.9 Å². The van der Waals surface area contributed by atoms with Gasteiger partial charge in [-0.1, -0.05) is 25.9 Å². The summed E-state index contributed by atoms with van der Waals surface area (Å²) in [5.41, 5.74) is 2.12. The second kappa shape index (κ2) is 23.6. The Kier molecular flexibility index (Phi) is 17.4. The number of ether oxygens (including phenoxy) is 2. The van der Waals surface area contributed by atoms with E-state index in [1.54, 1.807) is 30.1 Å². The lowest BCUT2D eigenvalue weighted by molar-refractivity contribution is -0.128. The van der Waals surface area contributed by atoms with Crippen molar-refractivity contribution in [2.24, 2.45) is 17.3 Å². The molecule has 70 heavy (non-hydrogen) atoms. The molecule has 6 amide bonds. The maximum absolute atomic E-state index is 13.3. The molecule has 0 aliphatic carbocycles. The van der Waals surface area contributed by atoms with Gasteiger partial charge in [-0.3, -0.25) is 29.9 Å². The Hall–Kier alpha value is -6.20. The standard InChI is InChI=1S/C52H74N10O8/c1-33(44-57-51(70-59-44)62-27-19-37(20-28-62)10-8-30-69-39-12-14-41(35(3)32-39)46(64)56-43-21-24-60(6)48(43)66)15-22-52(4,5)49(53)58-50(67)61-25-17-36(18-26-61)9-7-29-68-38-11-13-40(34(2)31-38)45(63)55-42-16-23-54-47(42)65/h11-14,31-33,36-37,42-43H,7-10,15-30H2,1-6H3,(H,54,65)(H,55,63)(H,56,64)(H2,53,58,67)/t33?,42?,43-/m0/s1. The van der Waals surface area contributed by atoms with Gasteiger partial charge in [0.05, 0.1) is 13.2 Å². The number of urea groups is 1. The summed E-state index contributed by atoms with van der Waals surface area (Å²) in [6, 6.07) is 10.2. The number of piperidine rings is 2. The minimum atomic E-state index is -0.557. The number of aromatic nitrogens is 2. The number of amidine groups is 1. The number of likely N-dealkylation sites (N-methyl/N-ethyl adjacent to an activating group) is 1. The molecule has 0 radical (unpaired) electrons. The fourth-order valence-corrected chi connectivity index (χ4v) is 9.82.